The summed E-state index contributed by atoms with van der Waals surface area (Å²) in [5, 5.41) is 17.6. The van der Waals surface area contributed by atoms with E-state index in [-0.39, 0.29) is 11.8 Å². The third kappa shape index (κ3) is 2.07. The van der Waals surface area contributed by atoms with Gasteiger partial charge in [0, 0.05) is 0 Å². The fourth-order valence-electron chi connectivity index (χ4n) is 1.21. The molecule has 2 heteroatoms. The van der Waals surface area contributed by atoms with E-state index < -0.39 is 0 Å². The van der Waals surface area contributed by atoms with Gasteiger partial charge in [0.15, 0.2) is 0 Å². The van der Waals surface area contributed by atoms with Crippen LogP contribution in [-0.4, -0.2) is 0 Å². The molecular formula is C11H10N2. The zero-order chi connectivity index (χ0) is 9.68. The predicted molar refractivity (Wildman–Crippen MR) is 49.6 cm³/mol. The van der Waals surface area contributed by atoms with Crippen LogP contribution in [0.25, 0.3) is 0 Å². The fraction of sp³-hybridized carbons (Fsp3) is 0.273. The average molecular weight is 170 g/mol. The molecule has 0 aliphatic rings. The summed E-state index contributed by atoms with van der Waals surface area (Å²) >= 11 is 0. The number of rotatable bonds is 2. The maximum atomic E-state index is 8.88. The Labute approximate surface area is 78.0 Å². The van der Waals surface area contributed by atoms with Crippen molar-refractivity contribution in [3.63, 3.8) is 0 Å². The Kier molecular flexibility index (Phi) is 3.06. The smallest absolute Gasteiger partial charge is 0.0868 e. The molecule has 0 unspecified atom stereocenters. The molecule has 0 saturated heterocycles. The van der Waals surface area contributed by atoms with Crippen molar-refractivity contribution >= 4 is 0 Å². The van der Waals surface area contributed by atoms with Crippen LogP contribution < -0.4 is 0 Å². The van der Waals surface area contributed by atoms with E-state index in [1.54, 1.807) is 6.92 Å². The third-order valence-corrected chi connectivity index (χ3v) is 2.00. The first kappa shape index (κ1) is 9.29. The molecule has 1 aromatic rings. The zero-order valence-corrected chi connectivity index (χ0v) is 7.44. The van der Waals surface area contributed by atoms with Gasteiger partial charge in [0.25, 0.3) is 0 Å². The SMILES string of the molecule is C[C@@H](C#N)[C@H](C#N)c1ccccc1. The molecule has 0 saturated carbocycles. The highest BCUT2D eigenvalue weighted by Crippen LogP contribution is 2.22. The number of hydrogen-bond acceptors (Lipinski definition) is 2. The van der Waals surface area contributed by atoms with Crippen LogP contribution in [0.1, 0.15) is 18.4 Å². The second kappa shape index (κ2) is 4.28. The molecule has 0 amide bonds. The van der Waals surface area contributed by atoms with E-state index in [0.717, 1.165) is 5.56 Å². The number of benzene rings is 1. The quantitative estimate of drug-likeness (QED) is 0.684. The molecule has 13 heavy (non-hydrogen) atoms. The molecule has 64 valence electrons. The van der Waals surface area contributed by atoms with Gasteiger partial charge in [0.05, 0.1) is 24.0 Å². The highest BCUT2D eigenvalue weighted by molar-refractivity contribution is 5.27. The van der Waals surface area contributed by atoms with Crippen LogP contribution in [0, 0.1) is 28.6 Å². The summed E-state index contributed by atoms with van der Waals surface area (Å²) < 4.78 is 0. The van der Waals surface area contributed by atoms with E-state index in [9.17, 15) is 0 Å². The first-order chi connectivity index (χ1) is 6.29. The third-order valence-electron chi connectivity index (χ3n) is 2.00. The van der Waals surface area contributed by atoms with Crippen LogP contribution >= 0.6 is 0 Å². The van der Waals surface area contributed by atoms with Crippen LogP contribution in [-0.2, 0) is 0 Å². The van der Waals surface area contributed by atoms with Gasteiger partial charge in [-0.2, -0.15) is 10.5 Å². The maximum Gasteiger partial charge on any atom is 0.0868 e. The van der Waals surface area contributed by atoms with E-state index in [1.165, 1.54) is 0 Å². The molecule has 1 rings (SSSR count). The van der Waals surface area contributed by atoms with Gasteiger partial charge in [-0.05, 0) is 12.5 Å². The second-order valence-electron chi connectivity index (χ2n) is 2.94. The molecule has 0 radical (unpaired) electrons. The van der Waals surface area contributed by atoms with E-state index in [4.69, 9.17) is 10.5 Å². The van der Waals surface area contributed by atoms with E-state index in [2.05, 4.69) is 12.1 Å². The van der Waals surface area contributed by atoms with Crippen molar-refractivity contribution in [2.24, 2.45) is 5.92 Å². The van der Waals surface area contributed by atoms with Crippen molar-refractivity contribution in [1.82, 2.24) is 0 Å². The fourth-order valence-corrected chi connectivity index (χ4v) is 1.21. The van der Waals surface area contributed by atoms with Crippen molar-refractivity contribution in [1.29, 1.82) is 10.5 Å². The molecule has 0 aromatic heterocycles. The van der Waals surface area contributed by atoms with Gasteiger partial charge in [-0.3, -0.25) is 0 Å². The lowest BCUT2D eigenvalue weighted by Crippen LogP contribution is -2.05. The van der Waals surface area contributed by atoms with Crippen LogP contribution in [0.5, 0.6) is 0 Å². The number of nitriles is 2. The summed E-state index contributed by atoms with van der Waals surface area (Å²) in [7, 11) is 0. The molecule has 0 N–H and O–H groups in total. The van der Waals surface area contributed by atoms with Crippen LogP contribution in [0.2, 0.25) is 0 Å². The normalized spacial score (nSPS) is 13.8. The first-order valence-corrected chi connectivity index (χ1v) is 4.13. The van der Waals surface area contributed by atoms with E-state index in [1.807, 2.05) is 30.3 Å². The van der Waals surface area contributed by atoms with Crippen LogP contribution in [0.4, 0.5) is 0 Å². The summed E-state index contributed by atoms with van der Waals surface area (Å²) in [5.74, 6) is -0.571. The maximum absolute atomic E-state index is 8.88. The standard InChI is InChI=1S/C11H10N2/c1-9(7-12)11(8-13)10-5-3-2-4-6-10/h2-6,9,11H,1H3/t9-,11-/m0/s1. The minimum absolute atomic E-state index is 0.257. The van der Waals surface area contributed by atoms with Crippen molar-refractivity contribution in [2.45, 2.75) is 12.8 Å². The lowest BCUT2D eigenvalue weighted by molar-refractivity contribution is 0.666. The predicted octanol–water partition coefficient (Wildman–Crippen LogP) is 2.45. The summed E-state index contributed by atoms with van der Waals surface area (Å²) in [6.07, 6.45) is 0. The van der Waals surface area contributed by atoms with Gasteiger partial charge in [0.1, 0.15) is 0 Å². The van der Waals surface area contributed by atoms with Crippen molar-refractivity contribution in [3.8, 4) is 12.1 Å². The topological polar surface area (TPSA) is 47.6 Å². The highest BCUT2D eigenvalue weighted by Gasteiger charge is 2.17. The van der Waals surface area contributed by atoms with E-state index in [0.29, 0.717) is 0 Å². The molecule has 0 spiro atoms. The van der Waals surface area contributed by atoms with E-state index >= 15 is 0 Å². The minimum atomic E-state index is -0.314. The Morgan fingerprint density at radius 3 is 2.15 bits per heavy atom. The Bertz CT molecular complexity index is 343. The first-order valence-electron chi connectivity index (χ1n) is 4.13. The molecule has 0 heterocycles. The molecule has 0 fully saturated rings. The Morgan fingerprint density at radius 1 is 1.08 bits per heavy atom. The molecule has 2 atom stereocenters. The molecule has 1 aromatic carbocycles. The van der Waals surface area contributed by atoms with Gasteiger partial charge >= 0.3 is 0 Å². The summed E-state index contributed by atoms with van der Waals surface area (Å²) in [6.45, 7) is 1.76. The molecule has 0 aliphatic carbocycles. The Balaban J connectivity index is 2.95. The zero-order valence-electron chi connectivity index (χ0n) is 7.44. The monoisotopic (exact) mass is 170 g/mol. The van der Waals surface area contributed by atoms with Crippen molar-refractivity contribution in [3.05, 3.63) is 35.9 Å². The molecule has 0 aliphatic heterocycles. The van der Waals surface area contributed by atoms with Crippen molar-refractivity contribution in [2.75, 3.05) is 0 Å². The van der Waals surface area contributed by atoms with Crippen LogP contribution in [0.3, 0.4) is 0 Å². The van der Waals surface area contributed by atoms with Gasteiger partial charge < -0.3 is 0 Å². The summed E-state index contributed by atoms with van der Waals surface area (Å²) in [5.41, 5.74) is 0.916. The summed E-state index contributed by atoms with van der Waals surface area (Å²) in [4.78, 5) is 0. The lowest BCUT2D eigenvalue weighted by Gasteiger charge is -2.10. The van der Waals surface area contributed by atoms with Gasteiger partial charge in [-0.1, -0.05) is 30.3 Å². The number of hydrogen-bond donors (Lipinski definition) is 0. The molecular weight excluding hydrogens is 160 g/mol. The Hall–Kier alpha value is -1.80. The second-order valence-corrected chi connectivity index (χ2v) is 2.94. The minimum Gasteiger partial charge on any atom is -0.198 e. The van der Waals surface area contributed by atoms with Crippen LogP contribution in [0.15, 0.2) is 30.3 Å². The lowest BCUT2D eigenvalue weighted by atomic mass is 9.90. The average Bonchev–Trinajstić information content (AvgIpc) is 2.20. The largest absolute Gasteiger partial charge is 0.198 e. The van der Waals surface area contributed by atoms with Gasteiger partial charge in [-0.25, -0.2) is 0 Å². The Morgan fingerprint density at radius 2 is 1.69 bits per heavy atom. The van der Waals surface area contributed by atoms with Crippen molar-refractivity contribution < 1.29 is 0 Å². The molecule has 0 bridgehead atoms. The highest BCUT2D eigenvalue weighted by atomic mass is 14.3. The van der Waals surface area contributed by atoms with Gasteiger partial charge in [-0.15, -0.1) is 0 Å². The molecule has 2 nitrogen and oxygen atoms in total. The summed E-state index contributed by atoms with van der Waals surface area (Å²) in [6, 6.07) is 13.6. The van der Waals surface area contributed by atoms with Gasteiger partial charge in [0.2, 0.25) is 0 Å². The number of nitrogens with zero attached hydrogens (tertiary/aromatic N) is 2.